The van der Waals surface area contributed by atoms with E-state index in [0.717, 1.165) is 12.0 Å². The molecular weight excluding hydrogens is 201 g/mol. The van der Waals surface area contributed by atoms with Crippen LogP contribution >= 0.6 is 7.29 Å². The molecule has 0 fully saturated rings. The highest BCUT2D eigenvalue weighted by molar-refractivity contribution is 7.65. The fourth-order valence-corrected chi connectivity index (χ4v) is 4.11. The Morgan fingerprint density at radius 3 is 2.79 bits per heavy atom. The minimum absolute atomic E-state index is 0.377. The van der Waals surface area contributed by atoms with Crippen molar-refractivity contribution >= 4 is 13.3 Å². The average molecular weight is 217 g/mol. The van der Waals surface area contributed by atoms with Crippen molar-refractivity contribution < 1.29 is 14.1 Å². The summed E-state index contributed by atoms with van der Waals surface area (Å²) in [5.41, 5.74) is 1.12. The lowest BCUT2D eigenvalue weighted by Gasteiger charge is -2.16. The SMILES string of the molecule is COC(=O)[C@H](C)NP1(=O)C=C(C)CC1. The van der Waals surface area contributed by atoms with Crippen LogP contribution in [0.25, 0.3) is 0 Å². The molecule has 0 saturated carbocycles. The molecule has 0 saturated heterocycles. The number of esters is 1. The smallest absolute Gasteiger partial charge is 0.322 e. The molecule has 4 nitrogen and oxygen atoms in total. The molecule has 1 heterocycles. The van der Waals surface area contributed by atoms with Crippen LogP contribution in [0.4, 0.5) is 0 Å². The van der Waals surface area contributed by atoms with Crippen molar-refractivity contribution in [3.63, 3.8) is 0 Å². The van der Waals surface area contributed by atoms with E-state index >= 15 is 0 Å². The maximum absolute atomic E-state index is 12.1. The molecular formula is C9H16NO3P. The highest BCUT2D eigenvalue weighted by atomic mass is 31.2. The van der Waals surface area contributed by atoms with E-state index in [2.05, 4.69) is 9.82 Å². The fraction of sp³-hybridized carbons (Fsp3) is 0.667. The zero-order valence-corrected chi connectivity index (χ0v) is 9.64. The monoisotopic (exact) mass is 217 g/mol. The Morgan fingerprint density at radius 1 is 1.71 bits per heavy atom. The van der Waals surface area contributed by atoms with Crippen LogP contribution < -0.4 is 5.09 Å². The summed E-state index contributed by atoms with van der Waals surface area (Å²) in [6, 6.07) is -0.506. The quantitative estimate of drug-likeness (QED) is 0.577. The van der Waals surface area contributed by atoms with Gasteiger partial charge < -0.3 is 9.30 Å². The molecule has 1 unspecified atom stereocenters. The van der Waals surface area contributed by atoms with Crippen molar-refractivity contribution in [2.75, 3.05) is 13.3 Å². The number of hydrogen-bond donors (Lipinski definition) is 1. The first-order valence-corrected chi connectivity index (χ1v) is 6.56. The van der Waals surface area contributed by atoms with Gasteiger partial charge in [0, 0.05) is 6.16 Å². The molecule has 1 rings (SSSR count). The van der Waals surface area contributed by atoms with Gasteiger partial charge >= 0.3 is 5.97 Å². The van der Waals surface area contributed by atoms with Gasteiger partial charge in [0.05, 0.1) is 7.11 Å². The zero-order valence-electron chi connectivity index (χ0n) is 8.74. The van der Waals surface area contributed by atoms with Crippen molar-refractivity contribution in [3.8, 4) is 0 Å². The second-order valence-corrected chi connectivity index (χ2v) is 6.17. The van der Waals surface area contributed by atoms with Crippen LogP contribution in [0.2, 0.25) is 0 Å². The van der Waals surface area contributed by atoms with E-state index in [0.29, 0.717) is 6.16 Å². The Morgan fingerprint density at radius 2 is 2.36 bits per heavy atom. The lowest BCUT2D eigenvalue weighted by Crippen LogP contribution is -2.32. The number of carbonyl (C=O) groups is 1. The molecule has 0 aromatic carbocycles. The number of nitrogens with one attached hydrogen (secondary N) is 1. The lowest BCUT2D eigenvalue weighted by molar-refractivity contribution is -0.142. The molecule has 2 atom stereocenters. The van der Waals surface area contributed by atoms with Crippen molar-refractivity contribution in [3.05, 3.63) is 11.4 Å². The van der Waals surface area contributed by atoms with E-state index in [1.165, 1.54) is 7.11 Å². The van der Waals surface area contributed by atoms with Crippen LogP contribution in [0.1, 0.15) is 20.3 Å². The Hall–Kier alpha value is -0.600. The van der Waals surface area contributed by atoms with E-state index in [1.807, 2.05) is 6.92 Å². The lowest BCUT2D eigenvalue weighted by atomic mass is 10.3. The third kappa shape index (κ3) is 2.69. The molecule has 1 N–H and O–H groups in total. The Balaban J connectivity index is 2.61. The summed E-state index contributed by atoms with van der Waals surface area (Å²) in [5.74, 6) is 1.38. The topological polar surface area (TPSA) is 55.4 Å². The summed E-state index contributed by atoms with van der Waals surface area (Å²) in [7, 11) is -1.14. The summed E-state index contributed by atoms with van der Waals surface area (Å²) in [6.45, 7) is 3.61. The van der Waals surface area contributed by atoms with Gasteiger partial charge in [-0.3, -0.25) is 9.88 Å². The molecule has 0 spiro atoms. The number of ether oxygens (including phenoxy) is 1. The van der Waals surface area contributed by atoms with E-state index < -0.39 is 13.3 Å². The molecule has 0 amide bonds. The van der Waals surface area contributed by atoms with E-state index in [9.17, 15) is 9.36 Å². The fourth-order valence-electron chi connectivity index (χ4n) is 1.49. The Kier molecular flexibility index (Phi) is 3.51. The average Bonchev–Trinajstić information content (AvgIpc) is 2.44. The molecule has 0 aromatic heterocycles. The van der Waals surface area contributed by atoms with Gasteiger partial charge in [-0.05, 0) is 26.1 Å². The Labute approximate surface area is 84.1 Å². The van der Waals surface area contributed by atoms with E-state index in [4.69, 9.17) is 0 Å². The second-order valence-electron chi connectivity index (χ2n) is 3.62. The van der Waals surface area contributed by atoms with Crippen LogP contribution in [-0.2, 0) is 14.1 Å². The van der Waals surface area contributed by atoms with Crippen LogP contribution in [0, 0.1) is 0 Å². The van der Waals surface area contributed by atoms with E-state index in [1.54, 1.807) is 12.7 Å². The summed E-state index contributed by atoms with van der Waals surface area (Å²) < 4.78 is 16.6. The third-order valence-electron chi connectivity index (χ3n) is 2.23. The number of allylic oxidation sites excluding steroid dienone is 1. The van der Waals surface area contributed by atoms with Gasteiger partial charge in [-0.25, -0.2) is 0 Å². The summed E-state index contributed by atoms with van der Waals surface area (Å²) >= 11 is 0. The first-order valence-electron chi connectivity index (χ1n) is 4.59. The van der Waals surface area contributed by atoms with Crippen LogP contribution in [0.5, 0.6) is 0 Å². The Bertz CT molecular complexity index is 311. The maximum Gasteiger partial charge on any atom is 0.322 e. The summed E-state index contributed by atoms with van der Waals surface area (Å²) in [4.78, 5) is 11.1. The first kappa shape index (κ1) is 11.5. The summed E-state index contributed by atoms with van der Waals surface area (Å²) in [6.07, 6.45) is 1.46. The molecule has 0 radical (unpaired) electrons. The summed E-state index contributed by atoms with van der Waals surface area (Å²) in [5, 5.41) is 2.84. The van der Waals surface area contributed by atoms with Crippen LogP contribution in [0.3, 0.4) is 0 Å². The van der Waals surface area contributed by atoms with Gasteiger partial charge in [0.1, 0.15) is 6.04 Å². The molecule has 0 aromatic rings. The van der Waals surface area contributed by atoms with Crippen molar-refractivity contribution in [1.29, 1.82) is 0 Å². The van der Waals surface area contributed by atoms with Gasteiger partial charge in [0.2, 0.25) is 0 Å². The largest absolute Gasteiger partial charge is 0.468 e. The van der Waals surface area contributed by atoms with Gasteiger partial charge in [-0.1, -0.05) is 5.57 Å². The third-order valence-corrected chi connectivity index (χ3v) is 4.80. The van der Waals surface area contributed by atoms with Crippen molar-refractivity contribution in [2.45, 2.75) is 26.3 Å². The molecule has 1 aliphatic heterocycles. The standard InChI is InChI=1S/C9H16NO3P/c1-7-4-5-14(12,6-7)10-8(2)9(11)13-3/h6,8H,4-5H2,1-3H3,(H,10,12)/t8-,14?/m0/s1. The van der Waals surface area contributed by atoms with Gasteiger partial charge in [0.25, 0.3) is 0 Å². The normalized spacial score (nSPS) is 28.4. The molecule has 14 heavy (non-hydrogen) atoms. The predicted octanol–water partition coefficient (Wildman–Crippen LogP) is 1.72. The van der Waals surface area contributed by atoms with Crippen molar-refractivity contribution in [1.82, 2.24) is 5.09 Å². The number of carbonyl (C=O) groups excluding carboxylic acids is 1. The predicted molar refractivity (Wildman–Crippen MR) is 55.5 cm³/mol. The second kappa shape index (κ2) is 4.28. The zero-order chi connectivity index (χ0) is 10.8. The number of rotatable bonds is 3. The van der Waals surface area contributed by atoms with Gasteiger partial charge in [0.15, 0.2) is 7.29 Å². The molecule has 0 aliphatic carbocycles. The number of hydrogen-bond acceptors (Lipinski definition) is 3. The van der Waals surface area contributed by atoms with Gasteiger partial charge in [-0.15, -0.1) is 0 Å². The maximum atomic E-state index is 12.1. The minimum Gasteiger partial charge on any atom is -0.468 e. The minimum atomic E-state index is -2.46. The molecule has 1 aliphatic rings. The molecule has 80 valence electrons. The van der Waals surface area contributed by atoms with Crippen LogP contribution in [-0.4, -0.2) is 25.3 Å². The van der Waals surface area contributed by atoms with Gasteiger partial charge in [-0.2, -0.15) is 0 Å². The highest BCUT2D eigenvalue weighted by Crippen LogP contribution is 2.50. The van der Waals surface area contributed by atoms with Crippen molar-refractivity contribution in [2.24, 2.45) is 0 Å². The molecule has 0 bridgehead atoms. The number of methoxy groups -OCH3 is 1. The molecule has 5 heteroatoms. The van der Waals surface area contributed by atoms with E-state index in [-0.39, 0.29) is 5.97 Å². The first-order chi connectivity index (χ1) is 6.47. The highest BCUT2D eigenvalue weighted by Gasteiger charge is 2.28. The van der Waals surface area contributed by atoms with Crippen LogP contribution in [0.15, 0.2) is 11.4 Å².